The lowest BCUT2D eigenvalue weighted by molar-refractivity contribution is -0.138. The van der Waals surface area contributed by atoms with Gasteiger partial charge in [-0.25, -0.2) is 9.97 Å². The number of anilines is 1. The summed E-state index contributed by atoms with van der Waals surface area (Å²) in [6.07, 6.45) is 7.85. The number of ether oxygens (including phenoxy) is 1. The van der Waals surface area contributed by atoms with Crippen LogP contribution in [0.2, 0.25) is 0 Å². The number of carbonyl (C=O) groups excluding carboxylic acids is 1. The van der Waals surface area contributed by atoms with Gasteiger partial charge in [0.25, 0.3) is 0 Å². The Kier molecular flexibility index (Phi) is 6.12. The molecule has 1 aromatic rings. The van der Waals surface area contributed by atoms with Crippen molar-refractivity contribution in [3.05, 3.63) is 17.6 Å². The maximum absolute atomic E-state index is 12.4. The molecule has 0 unspecified atom stereocenters. The SMILES string of the molecule is CCc1cnc(C)nc1N1CCC[C@@]2(CCC(=O)N(CCCOC)C2)C1. The third-order valence-corrected chi connectivity index (χ3v) is 5.83. The Labute approximate surface area is 156 Å². The summed E-state index contributed by atoms with van der Waals surface area (Å²) in [5, 5.41) is 0. The summed E-state index contributed by atoms with van der Waals surface area (Å²) in [7, 11) is 1.72. The fourth-order valence-corrected chi connectivity index (χ4v) is 4.43. The second-order valence-corrected chi connectivity index (χ2v) is 7.81. The molecule has 1 spiro atoms. The molecule has 6 heteroatoms. The summed E-state index contributed by atoms with van der Waals surface area (Å²) in [5.41, 5.74) is 1.42. The first-order chi connectivity index (χ1) is 12.6. The van der Waals surface area contributed by atoms with Gasteiger partial charge < -0.3 is 14.5 Å². The summed E-state index contributed by atoms with van der Waals surface area (Å²) in [6.45, 7) is 8.54. The Morgan fingerprint density at radius 3 is 2.92 bits per heavy atom. The van der Waals surface area contributed by atoms with E-state index in [2.05, 4.69) is 21.7 Å². The van der Waals surface area contributed by atoms with Gasteiger partial charge in [0, 0.05) is 63.5 Å². The van der Waals surface area contributed by atoms with Crippen LogP contribution < -0.4 is 4.90 Å². The van der Waals surface area contributed by atoms with E-state index in [1.165, 1.54) is 12.0 Å². The normalized spacial score (nSPS) is 23.7. The highest BCUT2D eigenvalue weighted by atomic mass is 16.5. The van der Waals surface area contributed by atoms with E-state index in [0.717, 1.165) is 63.5 Å². The van der Waals surface area contributed by atoms with Crippen LogP contribution >= 0.6 is 0 Å². The van der Waals surface area contributed by atoms with E-state index in [-0.39, 0.29) is 5.41 Å². The van der Waals surface area contributed by atoms with Crippen molar-refractivity contribution in [3.63, 3.8) is 0 Å². The first-order valence-corrected chi connectivity index (χ1v) is 9.91. The van der Waals surface area contributed by atoms with Crippen LogP contribution in [0.5, 0.6) is 0 Å². The van der Waals surface area contributed by atoms with Crippen LogP contribution in [0.4, 0.5) is 5.82 Å². The number of hydrogen-bond donors (Lipinski definition) is 0. The summed E-state index contributed by atoms with van der Waals surface area (Å²) in [6, 6.07) is 0. The molecule has 0 aliphatic carbocycles. The Bertz CT molecular complexity index is 636. The molecule has 3 heterocycles. The first-order valence-electron chi connectivity index (χ1n) is 9.91. The quantitative estimate of drug-likeness (QED) is 0.730. The zero-order valence-electron chi connectivity index (χ0n) is 16.5. The summed E-state index contributed by atoms with van der Waals surface area (Å²) in [4.78, 5) is 26.0. The molecule has 2 aliphatic rings. The Hall–Kier alpha value is -1.69. The van der Waals surface area contributed by atoms with Crippen molar-refractivity contribution in [2.45, 2.75) is 52.4 Å². The van der Waals surface area contributed by atoms with Gasteiger partial charge in [-0.15, -0.1) is 0 Å². The van der Waals surface area contributed by atoms with Crippen molar-refractivity contribution in [1.82, 2.24) is 14.9 Å². The fraction of sp³-hybridized carbons (Fsp3) is 0.750. The monoisotopic (exact) mass is 360 g/mol. The van der Waals surface area contributed by atoms with Crippen LogP contribution in [0.3, 0.4) is 0 Å². The molecule has 3 rings (SSSR count). The van der Waals surface area contributed by atoms with E-state index in [1.54, 1.807) is 7.11 Å². The number of rotatable bonds is 6. The first kappa shape index (κ1) is 19.1. The van der Waals surface area contributed by atoms with Gasteiger partial charge in [-0.3, -0.25) is 4.79 Å². The molecule has 0 N–H and O–H groups in total. The molecule has 0 saturated carbocycles. The minimum atomic E-state index is 0.198. The maximum atomic E-state index is 12.4. The van der Waals surface area contributed by atoms with E-state index < -0.39 is 0 Å². The lowest BCUT2D eigenvalue weighted by Crippen LogP contribution is -2.54. The van der Waals surface area contributed by atoms with Crippen LogP contribution in [0.25, 0.3) is 0 Å². The van der Waals surface area contributed by atoms with E-state index in [9.17, 15) is 4.79 Å². The number of likely N-dealkylation sites (tertiary alicyclic amines) is 1. The molecule has 2 aliphatic heterocycles. The van der Waals surface area contributed by atoms with E-state index >= 15 is 0 Å². The maximum Gasteiger partial charge on any atom is 0.222 e. The zero-order chi connectivity index (χ0) is 18.6. The van der Waals surface area contributed by atoms with Crippen LogP contribution in [0, 0.1) is 12.3 Å². The van der Waals surface area contributed by atoms with Gasteiger partial charge in [-0.2, -0.15) is 0 Å². The Morgan fingerprint density at radius 1 is 1.31 bits per heavy atom. The number of carbonyl (C=O) groups is 1. The van der Waals surface area contributed by atoms with Crippen LogP contribution in [0.1, 0.15) is 50.4 Å². The largest absolute Gasteiger partial charge is 0.385 e. The summed E-state index contributed by atoms with van der Waals surface area (Å²) < 4.78 is 5.16. The molecule has 1 atom stereocenters. The van der Waals surface area contributed by atoms with E-state index in [1.807, 2.05) is 13.1 Å². The number of hydrogen-bond acceptors (Lipinski definition) is 5. The van der Waals surface area contributed by atoms with Crippen LogP contribution in [0.15, 0.2) is 6.20 Å². The van der Waals surface area contributed by atoms with Gasteiger partial charge in [-0.05, 0) is 39.0 Å². The lowest BCUT2D eigenvalue weighted by atomic mass is 9.73. The average Bonchev–Trinajstić information content (AvgIpc) is 2.65. The minimum Gasteiger partial charge on any atom is -0.385 e. The van der Waals surface area contributed by atoms with Crippen molar-refractivity contribution in [3.8, 4) is 0 Å². The average molecular weight is 361 g/mol. The molecule has 0 bridgehead atoms. The second-order valence-electron chi connectivity index (χ2n) is 7.81. The molecule has 2 saturated heterocycles. The highest BCUT2D eigenvalue weighted by Crippen LogP contribution is 2.40. The van der Waals surface area contributed by atoms with Crippen LogP contribution in [-0.2, 0) is 16.0 Å². The summed E-state index contributed by atoms with van der Waals surface area (Å²) in [5.74, 6) is 2.23. The molecule has 1 aromatic heterocycles. The van der Waals surface area contributed by atoms with Gasteiger partial charge in [0.15, 0.2) is 0 Å². The molecule has 0 radical (unpaired) electrons. The molecular weight excluding hydrogens is 328 g/mol. The Morgan fingerprint density at radius 2 is 2.15 bits per heavy atom. The summed E-state index contributed by atoms with van der Waals surface area (Å²) >= 11 is 0. The van der Waals surface area contributed by atoms with Crippen molar-refractivity contribution >= 4 is 11.7 Å². The smallest absolute Gasteiger partial charge is 0.222 e. The Balaban J connectivity index is 1.75. The number of nitrogens with zero attached hydrogens (tertiary/aromatic N) is 4. The van der Waals surface area contributed by atoms with Crippen molar-refractivity contribution in [2.75, 3.05) is 44.8 Å². The molecule has 0 aromatic carbocycles. The number of aryl methyl sites for hydroxylation is 2. The molecular formula is C20H32N4O2. The third kappa shape index (κ3) is 4.17. The molecule has 144 valence electrons. The van der Waals surface area contributed by atoms with E-state index in [0.29, 0.717) is 18.9 Å². The number of piperidine rings is 2. The highest BCUT2D eigenvalue weighted by molar-refractivity contribution is 5.77. The van der Waals surface area contributed by atoms with Gasteiger partial charge in [0.2, 0.25) is 5.91 Å². The second kappa shape index (κ2) is 8.33. The zero-order valence-corrected chi connectivity index (χ0v) is 16.5. The third-order valence-electron chi connectivity index (χ3n) is 5.83. The molecule has 2 fully saturated rings. The van der Waals surface area contributed by atoms with Crippen LogP contribution in [-0.4, -0.2) is 60.7 Å². The number of aromatic nitrogens is 2. The van der Waals surface area contributed by atoms with Gasteiger partial charge in [0.1, 0.15) is 11.6 Å². The molecule has 26 heavy (non-hydrogen) atoms. The molecule has 6 nitrogen and oxygen atoms in total. The van der Waals surface area contributed by atoms with E-state index in [4.69, 9.17) is 9.72 Å². The van der Waals surface area contributed by atoms with Gasteiger partial charge in [-0.1, -0.05) is 6.92 Å². The number of amides is 1. The number of methoxy groups -OCH3 is 1. The van der Waals surface area contributed by atoms with Gasteiger partial charge >= 0.3 is 0 Å². The predicted octanol–water partition coefficient (Wildman–Crippen LogP) is 2.59. The topological polar surface area (TPSA) is 58.6 Å². The lowest BCUT2D eigenvalue weighted by Gasteiger charge is -2.48. The highest BCUT2D eigenvalue weighted by Gasteiger charge is 2.42. The van der Waals surface area contributed by atoms with Crippen molar-refractivity contribution in [2.24, 2.45) is 5.41 Å². The van der Waals surface area contributed by atoms with Crippen molar-refractivity contribution < 1.29 is 9.53 Å². The minimum absolute atomic E-state index is 0.198. The predicted molar refractivity (Wildman–Crippen MR) is 102 cm³/mol. The standard InChI is InChI=1S/C20H32N4O2/c1-4-17-13-21-16(2)22-19(17)24-10-5-8-20(15-24)9-7-18(25)23(14-20)11-6-12-26-3/h13H,4-12,14-15H2,1-3H3/t20-/m0/s1. The fourth-order valence-electron chi connectivity index (χ4n) is 4.43. The van der Waals surface area contributed by atoms with Crippen molar-refractivity contribution in [1.29, 1.82) is 0 Å². The van der Waals surface area contributed by atoms with Gasteiger partial charge in [0.05, 0.1) is 0 Å². The molecule has 1 amide bonds.